The number of nitrogens with zero attached hydrogens (tertiary/aromatic N) is 4. The number of esters is 1. The molecule has 1 aliphatic heterocycles. The molecule has 1 atom stereocenters. The van der Waals surface area contributed by atoms with Crippen molar-refractivity contribution in [3.8, 4) is 0 Å². The Balaban J connectivity index is 1.67. The molecule has 1 unspecified atom stereocenters. The molecule has 2 aromatic rings. The number of halogens is 3. The smallest absolute Gasteiger partial charge is 0.421 e. The maximum absolute atomic E-state index is 13.2. The second-order valence-corrected chi connectivity index (χ2v) is 7.42. The molecule has 3 heterocycles. The number of rotatable bonds is 6. The van der Waals surface area contributed by atoms with E-state index in [4.69, 9.17) is 4.74 Å². The van der Waals surface area contributed by atoms with E-state index in [0.29, 0.717) is 24.5 Å². The molecule has 0 bridgehead atoms. The van der Waals surface area contributed by atoms with E-state index in [1.54, 1.807) is 24.6 Å². The fourth-order valence-electron chi connectivity index (χ4n) is 3.26. The fourth-order valence-corrected chi connectivity index (χ4v) is 3.26. The Bertz CT molecular complexity index is 940. The zero-order valence-electron chi connectivity index (χ0n) is 16.0. The predicted molar refractivity (Wildman–Crippen MR) is 97.9 cm³/mol. The van der Waals surface area contributed by atoms with Gasteiger partial charge in [0.2, 0.25) is 5.95 Å². The van der Waals surface area contributed by atoms with Gasteiger partial charge in [0.15, 0.2) is 0 Å². The Hall–Kier alpha value is -2.85. The van der Waals surface area contributed by atoms with Gasteiger partial charge in [-0.25, -0.2) is 9.67 Å². The molecule has 29 heavy (non-hydrogen) atoms. The Morgan fingerprint density at radius 2 is 2.14 bits per heavy atom. The van der Waals surface area contributed by atoms with E-state index in [1.165, 1.54) is 0 Å². The van der Waals surface area contributed by atoms with Gasteiger partial charge < -0.3 is 15.4 Å². The van der Waals surface area contributed by atoms with Crippen molar-refractivity contribution >= 4 is 23.6 Å². The van der Waals surface area contributed by atoms with Crippen molar-refractivity contribution in [2.24, 2.45) is 0 Å². The molecule has 2 aromatic heterocycles. The summed E-state index contributed by atoms with van der Waals surface area (Å²) in [5, 5.41) is 10.2. The molecule has 0 spiro atoms. The first-order valence-electron chi connectivity index (χ1n) is 9.45. The van der Waals surface area contributed by atoms with Crippen molar-refractivity contribution in [1.29, 1.82) is 0 Å². The quantitative estimate of drug-likeness (QED) is 0.705. The first-order chi connectivity index (χ1) is 13.7. The molecule has 2 N–H and O–H groups in total. The normalized spacial score (nSPS) is 21.9. The molecular formula is C18H21F3N6O2. The molecule has 0 aromatic carbocycles. The van der Waals surface area contributed by atoms with Crippen LogP contribution in [0.5, 0.6) is 0 Å². The van der Waals surface area contributed by atoms with Gasteiger partial charge in [-0.2, -0.15) is 23.3 Å². The molecule has 1 saturated heterocycles. The van der Waals surface area contributed by atoms with Crippen LogP contribution in [0.3, 0.4) is 0 Å². The summed E-state index contributed by atoms with van der Waals surface area (Å²) in [6.45, 7) is 4.08. The minimum absolute atomic E-state index is 0.0152. The Labute approximate surface area is 164 Å². The van der Waals surface area contributed by atoms with Crippen LogP contribution in [0.25, 0.3) is 0 Å². The van der Waals surface area contributed by atoms with Crippen molar-refractivity contribution in [2.45, 2.75) is 50.7 Å². The lowest BCUT2D eigenvalue weighted by Gasteiger charge is -2.15. The monoisotopic (exact) mass is 410 g/mol. The molecule has 8 nitrogen and oxygen atoms in total. The number of aromatic nitrogens is 4. The summed E-state index contributed by atoms with van der Waals surface area (Å²) >= 11 is 0. The van der Waals surface area contributed by atoms with Gasteiger partial charge in [0.1, 0.15) is 22.6 Å². The van der Waals surface area contributed by atoms with Crippen molar-refractivity contribution in [3.05, 3.63) is 23.5 Å². The minimum Gasteiger partial charge on any atom is -0.465 e. The van der Waals surface area contributed by atoms with E-state index in [9.17, 15) is 18.0 Å². The van der Waals surface area contributed by atoms with Crippen LogP contribution in [-0.2, 0) is 21.1 Å². The number of nitrogens with one attached hydrogen (secondary N) is 2. The lowest BCUT2D eigenvalue weighted by molar-refractivity contribution is -0.142. The van der Waals surface area contributed by atoms with Crippen molar-refractivity contribution in [2.75, 3.05) is 23.8 Å². The summed E-state index contributed by atoms with van der Waals surface area (Å²) in [7, 11) is 0. The van der Waals surface area contributed by atoms with E-state index >= 15 is 0 Å². The largest absolute Gasteiger partial charge is 0.465 e. The van der Waals surface area contributed by atoms with Crippen LogP contribution in [0, 0.1) is 0 Å². The lowest BCUT2D eigenvalue weighted by atomic mass is 9.85. The van der Waals surface area contributed by atoms with E-state index in [2.05, 4.69) is 25.7 Å². The summed E-state index contributed by atoms with van der Waals surface area (Å²) in [5.41, 5.74) is -1.21. The lowest BCUT2D eigenvalue weighted by Crippen LogP contribution is -2.28. The van der Waals surface area contributed by atoms with Gasteiger partial charge in [-0.1, -0.05) is 0 Å². The van der Waals surface area contributed by atoms with Crippen LogP contribution < -0.4 is 10.6 Å². The van der Waals surface area contributed by atoms with Crippen molar-refractivity contribution in [1.82, 2.24) is 19.7 Å². The maximum Gasteiger partial charge on any atom is 0.421 e. The third-order valence-corrected chi connectivity index (χ3v) is 5.16. The van der Waals surface area contributed by atoms with Gasteiger partial charge in [0, 0.05) is 25.2 Å². The van der Waals surface area contributed by atoms with Gasteiger partial charge >= 0.3 is 12.1 Å². The van der Waals surface area contributed by atoms with Gasteiger partial charge in [0.05, 0.1) is 18.3 Å². The van der Waals surface area contributed by atoms with Crippen LogP contribution in [0.1, 0.15) is 50.4 Å². The molecule has 0 radical (unpaired) electrons. The first-order valence-corrected chi connectivity index (χ1v) is 9.45. The van der Waals surface area contributed by atoms with Crippen molar-refractivity contribution in [3.63, 3.8) is 0 Å². The highest BCUT2D eigenvalue weighted by molar-refractivity contribution is 5.84. The van der Waals surface area contributed by atoms with Crippen LogP contribution >= 0.6 is 0 Å². The van der Waals surface area contributed by atoms with E-state index in [1.807, 2.05) is 0 Å². The second-order valence-electron chi connectivity index (χ2n) is 7.42. The number of anilines is 3. The zero-order valence-corrected chi connectivity index (χ0v) is 16.0. The Morgan fingerprint density at radius 3 is 2.72 bits per heavy atom. The summed E-state index contributed by atoms with van der Waals surface area (Å²) < 4.78 is 46.4. The highest BCUT2D eigenvalue weighted by Gasteiger charge is 2.45. The Morgan fingerprint density at radius 1 is 1.38 bits per heavy atom. The summed E-state index contributed by atoms with van der Waals surface area (Å²) in [4.78, 5) is 20.0. The average Bonchev–Trinajstić information content (AvgIpc) is 3.32. The van der Waals surface area contributed by atoms with Crippen molar-refractivity contribution < 1.29 is 22.7 Å². The van der Waals surface area contributed by atoms with Gasteiger partial charge in [0.25, 0.3) is 0 Å². The van der Waals surface area contributed by atoms with E-state index in [-0.39, 0.29) is 30.3 Å². The number of hydrogen-bond donors (Lipinski definition) is 2. The average molecular weight is 410 g/mol. The summed E-state index contributed by atoms with van der Waals surface area (Å²) in [5.74, 6) is -0.0710. The maximum atomic E-state index is 13.2. The third kappa shape index (κ3) is 3.60. The van der Waals surface area contributed by atoms with Crippen LogP contribution in [0.2, 0.25) is 0 Å². The summed E-state index contributed by atoms with van der Waals surface area (Å²) in [6.07, 6.45) is -1.41. The SMILES string of the molecule is CCNc1nc(Nc2cc(C3(C)CCOC3=O)nn2C2CC2)ncc1C(F)(F)F. The third-order valence-electron chi connectivity index (χ3n) is 5.16. The second kappa shape index (κ2) is 6.89. The van der Waals surface area contributed by atoms with Gasteiger partial charge in [-0.05, 0) is 26.7 Å². The minimum atomic E-state index is -4.56. The topological polar surface area (TPSA) is 94.0 Å². The van der Waals surface area contributed by atoms with Gasteiger partial charge in [-0.15, -0.1) is 0 Å². The van der Waals surface area contributed by atoms with Gasteiger partial charge in [-0.3, -0.25) is 4.79 Å². The molecule has 2 fully saturated rings. The molecular weight excluding hydrogens is 389 g/mol. The molecule has 1 aliphatic carbocycles. The number of ether oxygens (including phenoxy) is 1. The van der Waals surface area contributed by atoms with Crippen LogP contribution in [-0.4, -0.2) is 38.9 Å². The zero-order chi connectivity index (χ0) is 20.8. The highest BCUT2D eigenvalue weighted by atomic mass is 19.4. The standard InChI is InChI=1S/C18H21F3N6O2/c1-3-22-14-11(18(19,20)21)9-23-16(25-14)24-13-8-12(26-27(13)10-4-5-10)17(2)6-7-29-15(17)28/h8-10H,3-7H2,1-2H3,(H2,22,23,24,25). The molecule has 0 amide bonds. The predicted octanol–water partition coefficient (Wildman–Crippen LogP) is 3.41. The summed E-state index contributed by atoms with van der Waals surface area (Å²) in [6, 6.07) is 1.90. The number of carbonyl (C=O) groups is 1. The number of carbonyl (C=O) groups excluding carboxylic acids is 1. The highest BCUT2D eigenvalue weighted by Crippen LogP contribution is 2.41. The molecule has 11 heteroatoms. The number of alkyl halides is 3. The van der Waals surface area contributed by atoms with E-state index < -0.39 is 17.2 Å². The number of cyclic esters (lactones) is 1. The molecule has 4 rings (SSSR count). The van der Waals surface area contributed by atoms with E-state index in [0.717, 1.165) is 19.0 Å². The molecule has 2 aliphatic rings. The first kappa shape index (κ1) is 19.5. The van der Waals surface area contributed by atoms with Crippen LogP contribution in [0.4, 0.5) is 30.8 Å². The van der Waals surface area contributed by atoms with Crippen LogP contribution in [0.15, 0.2) is 12.3 Å². The molecule has 156 valence electrons. The molecule has 1 saturated carbocycles. The Kier molecular flexibility index (Phi) is 4.62. The number of hydrogen-bond acceptors (Lipinski definition) is 7. The fraction of sp³-hybridized carbons (Fsp3) is 0.556.